The molecule has 0 aromatic carbocycles. The van der Waals surface area contributed by atoms with E-state index in [0.717, 1.165) is 6.26 Å². The zero-order valence-corrected chi connectivity index (χ0v) is 10.0. The average molecular weight is 249 g/mol. The molecule has 92 valence electrons. The van der Waals surface area contributed by atoms with Gasteiger partial charge in [-0.25, -0.2) is 8.42 Å². The van der Waals surface area contributed by atoms with Crippen molar-refractivity contribution in [3.8, 4) is 0 Å². The maximum absolute atomic E-state index is 11.5. The third-order valence-corrected chi connectivity index (χ3v) is 3.44. The van der Waals surface area contributed by atoms with Crippen LogP contribution < -0.4 is 0 Å². The Morgan fingerprint density at radius 3 is 2.31 bits per heavy atom. The average Bonchev–Trinajstić information content (AvgIpc) is 2.44. The van der Waals surface area contributed by atoms with Crippen LogP contribution in [0, 0.1) is 11.8 Å². The summed E-state index contributed by atoms with van der Waals surface area (Å²) >= 11 is 0. The summed E-state index contributed by atoms with van der Waals surface area (Å²) in [6.45, 7) is 2.16. The van der Waals surface area contributed by atoms with E-state index in [2.05, 4.69) is 0 Å². The van der Waals surface area contributed by atoms with E-state index in [1.165, 1.54) is 4.90 Å². The molecule has 0 aromatic heterocycles. The van der Waals surface area contributed by atoms with Crippen molar-refractivity contribution in [1.82, 2.24) is 4.90 Å². The first kappa shape index (κ1) is 13.0. The molecule has 1 amide bonds. The molecule has 1 aliphatic rings. The van der Waals surface area contributed by atoms with Crippen molar-refractivity contribution in [3.05, 3.63) is 0 Å². The first-order chi connectivity index (χ1) is 7.20. The smallest absolute Gasteiger partial charge is 0.308 e. The lowest BCUT2D eigenvalue weighted by Crippen LogP contribution is -2.34. The molecule has 1 rings (SSSR count). The zero-order valence-electron chi connectivity index (χ0n) is 9.21. The van der Waals surface area contributed by atoms with E-state index in [1.54, 1.807) is 6.92 Å². The van der Waals surface area contributed by atoms with Crippen LogP contribution in [0.3, 0.4) is 0 Å². The molecule has 1 aliphatic heterocycles. The first-order valence-corrected chi connectivity index (χ1v) is 6.95. The predicted octanol–water partition coefficient (Wildman–Crippen LogP) is -0.790. The Bertz CT molecular complexity index is 402. The number of rotatable bonds is 3. The van der Waals surface area contributed by atoms with Crippen LogP contribution in [0.15, 0.2) is 0 Å². The molecule has 0 saturated carbocycles. The number of carboxylic acid groups (broad SMARTS) is 1. The molecule has 1 saturated heterocycles. The van der Waals surface area contributed by atoms with E-state index in [0.29, 0.717) is 6.54 Å². The van der Waals surface area contributed by atoms with Crippen molar-refractivity contribution in [2.75, 3.05) is 25.1 Å². The summed E-state index contributed by atoms with van der Waals surface area (Å²) in [7, 11) is -3.35. The van der Waals surface area contributed by atoms with Crippen molar-refractivity contribution >= 4 is 21.7 Å². The fourth-order valence-electron chi connectivity index (χ4n) is 1.81. The molecule has 16 heavy (non-hydrogen) atoms. The minimum absolute atomic E-state index is 0.102. The second-order valence-electron chi connectivity index (χ2n) is 4.29. The van der Waals surface area contributed by atoms with Crippen molar-refractivity contribution < 1.29 is 23.1 Å². The molecule has 0 spiro atoms. The van der Waals surface area contributed by atoms with Crippen LogP contribution in [0.4, 0.5) is 0 Å². The summed E-state index contributed by atoms with van der Waals surface area (Å²) < 4.78 is 21.9. The van der Waals surface area contributed by atoms with Gasteiger partial charge in [0.25, 0.3) is 0 Å². The third kappa shape index (κ3) is 3.19. The van der Waals surface area contributed by atoms with Gasteiger partial charge in [0.05, 0.1) is 5.92 Å². The van der Waals surface area contributed by atoms with Gasteiger partial charge in [0, 0.05) is 19.3 Å². The van der Waals surface area contributed by atoms with Crippen LogP contribution in [0.25, 0.3) is 0 Å². The van der Waals surface area contributed by atoms with Gasteiger partial charge >= 0.3 is 5.97 Å². The topological polar surface area (TPSA) is 91.8 Å². The Hall–Kier alpha value is -1.11. The predicted molar refractivity (Wildman–Crippen MR) is 56.6 cm³/mol. The zero-order chi connectivity index (χ0) is 12.5. The van der Waals surface area contributed by atoms with E-state index in [4.69, 9.17) is 5.11 Å². The fourth-order valence-corrected chi connectivity index (χ4v) is 2.44. The summed E-state index contributed by atoms with van der Waals surface area (Å²) in [6.07, 6.45) is 0.985. The summed E-state index contributed by atoms with van der Waals surface area (Å²) in [5.74, 6) is -2.74. The number of aliphatic carboxylic acids is 1. The molecule has 1 N–H and O–H groups in total. The van der Waals surface area contributed by atoms with Crippen LogP contribution >= 0.6 is 0 Å². The van der Waals surface area contributed by atoms with Gasteiger partial charge < -0.3 is 10.0 Å². The highest BCUT2D eigenvalue weighted by Crippen LogP contribution is 2.23. The lowest BCUT2D eigenvalue weighted by atomic mass is 9.99. The fraction of sp³-hybridized carbons (Fsp3) is 0.778. The monoisotopic (exact) mass is 249 g/mol. The Kier molecular flexibility index (Phi) is 3.57. The molecule has 6 nitrogen and oxygen atoms in total. The van der Waals surface area contributed by atoms with Crippen molar-refractivity contribution in [2.24, 2.45) is 11.8 Å². The molecule has 0 bridgehead atoms. The second-order valence-corrected chi connectivity index (χ2v) is 6.43. The summed E-state index contributed by atoms with van der Waals surface area (Å²) in [6, 6.07) is 0. The quantitative estimate of drug-likeness (QED) is 0.707. The molecule has 0 unspecified atom stereocenters. The molecule has 0 aliphatic carbocycles. The molecule has 0 aromatic rings. The van der Waals surface area contributed by atoms with Gasteiger partial charge in [-0.3, -0.25) is 9.59 Å². The minimum Gasteiger partial charge on any atom is -0.481 e. The van der Waals surface area contributed by atoms with Gasteiger partial charge in [0.15, 0.2) is 9.84 Å². The molecule has 1 heterocycles. The van der Waals surface area contributed by atoms with E-state index in [-0.39, 0.29) is 12.5 Å². The number of nitrogens with zero attached hydrogens (tertiary/aromatic N) is 1. The Balaban J connectivity index is 2.65. The number of carboxylic acids is 1. The SMILES string of the molecule is C[C@@H]1CN(C(=O)CS(C)(=O)=O)C[C@H]1C(=O)O. The maximum Gasteiger partial charge on any atom is 0.308 e. The molecular formula is C9H15NO5S. The highest BCUT2D eigenvalue weighted by atomic mass is 32.2. The van der Waals surface area contributed by atoms with Gasteiger partial charge in [-0.05, 0) is 5.92 Å². The summed E-state index contributed by atoms with van der Waals surface area (Å²) in [4.78, 5) is 23.6. The summed E-state index contributed by atoms with van der Waals surface area (Å²) in [5.41, 5.74) is 0. The largest absolute Gasteiger partial charge is 0.481 e. The molecule has 1 fully saturated rings. The van der Waals surface area contributed by atoms with E-state index < -0.39 is 33.4 Å². The Morgan fingerprint density at radius 2 is 1.94 bits per heavy atom. The lowest BCUT2D eigenvalue weighted by Gasteiger charge is -2.14. The highest BCUT2D eigenvalue weighted by molar-refractivity contribution is 7.91. The van der Waals surface area contributed by atoms with Gasteiger partial charge in [-0.15, -0.1) is 0 Å². The summed E-state index contributed by atoms with van der Waals surface area (Å²) in [5, 5.41) is 8.86. The standard InChI is InChI=1S/C9H15NO5S/c1-6-3-10(4-7(6)9(12)13)8(11)5-16(2,14)15/h6-7H,3-5H2,1-2H3,(H,12,13)/t6-,7-/m1/s1. The molecule has 2 atom stereocenters. The van der Waals surface area contributed by atoms with Gasteiger partial charge in [-0.1, -0.05) is 6.92 Å². The van der Waals surface area contributed by atoms with E-state index >= 15 is 0 Å². The number of carbonyl (C=O) groups excluding carboxylic acids is 1. The number of sulfone groups is 1. The van der Waals surface area contributed by atoms with E-state index in [1.807, 2.05) is 0 Å². The number of hydrogen-bond donors (Lipinski definition) is 1. The van der Waals surface area contributed by atoms with Crippen molar-refractivity contribution in [3.63, 3.8) is 0 Å². The normalized spacial score (nSPS) is 25.8. The molecule has 7 heteroatoms. The second kappa shape index (κ2) is 4.40. The molecular weight excluding hydrogens is 234 g/mol. The number of hydrogen-bond acceptors (Lipinski definition) is 4. The van der Waals surface area contributed by atoms with E-state index in [9.17, 15) is 18.0 Å². The third-order valence-electron chi connectivity index (χ3n) is 2.67. The Labute approximate surface area is 94.2 Å². The van der Waals surface area contributed by atoms with Crippen LogP contribution in [-0.2, 0) is 19.4 Å². The highest BCUT2D eigenvalue weighted by Gasteiger charge is 2.37. The van der Waals surface area contributed by atoms with Crippen LogP contribution in [-0.4, -0.2) is 55.4 Å². The minimum atomic E-state index is -3.35. The maximum atomic E-state index is 11.5. The van der Waals surface area contributed by atoms with Gasteiger partial charge in [0.1, 0.15) is 5.75 Å². The van der Waals surface area contributed by atoms with Gasteiger partial charge in [-0.2, -0.15) is 0 Å². The van der Waals surface area contributed by atoms with Crippen LogP contribution in [0.1, 0.15) is 6.92 Å². The number of likely N-dealkylation sites (tertiary alicyclic amines) is 1. The Morgan fingerprint density at radius 1 is 1.38 bits per heavy atom. The van der Waals surface area contributed by atoms with Crippen molar-refractivity contribution in [1.29, 1.82) is 0 Å². The first-order valence-electron chi connectivity index (χ1n) is 4.89. The van der Waals surface area contributed by atoms with Crippen molar-refractivity contribution in [2.45, 2.75) is 6.92 Å². The van der Waals surface area contributed by atoms with Crippen LogP contribution in [0.5, 0.6) is 0 Å². The lowest BCUT2D eigenvalue weighted by molar-refractivity contribution is -0.142. The number of amides is 1. The van der Waals surface area contributed by atoms with Gasteiger partial charge in [0.2, 0.25) is 5.91 Å². The number of carbonyl (C=O) groups is 2. The molecule has 0 radical (unpaired) electrons. The van der Waals surface area contributed by atoms with Crippen LogP contribution in [0.2, 0.25) is 0 Å².